The van der Waals surface area contributed by atoms with Crippen LogP contribution in [0.5, 0.6) is 0 Å². The highest BCUT2D eigenvalue weighted by Crippen LogP contribution is 2.18. The summed E-state index contributed by atoms with van der Waals surface area (Å²) in [7, 11) is 0. The van der Waals surface area contributed by atoms with Crippen molar-refractivity contribution < 1.29 is 0 Å². The van der Waals surface area contributed by atoms with Crippen molar-refractivity contribution in [3.63, 3.8) is 0 Å². The van der Waals surface area contributed by atoms with Crippen LogP contribution in [-0.2, 0) is 6.54 Å². The highest BCUT2D eigenvalue weighted by molar-refractivity contribution is 9.10. The van der Waals surface area contributed by atoms with Crippen molar-refractivity contribution in [2.45, 2.75) is 27.3 Å². The Kier molecular flexibility index (Phi) is 4.02. The Morgan fingerprint density at radius 3 is 2.33 bits per heavy atom. The average Bonchev–Trinajstić information content (AvgIpc) is 2.30. The maximum absolute atomic E-state index is 4.20. The third-order valence-electron chi connectivity index (χ3n) is 3.04. The lowest BCUT2D eigenvalue weighted by atomic mass is 10.00. The van der Waals surface area contributed by atoms with Gasteiger partial charge in [-0.2, -0.15) is 0 Å². The molecule has 0 atom stereocenters. The zero-order valence-electron chi connectivity index (χ0n) is 10.9. The number of anilines is 1. The Hall–Kier alpha value is -1.35. The van der Waals surface area contributed by atoms with Gasteiger partial charge in [-0.1, -0.05) is 17.7 Å². The Morgan fingerprint density at radius 2 is 1.78 bits per heavy atom. The number of halogens is 1. The largest absolute Gasteiger partial charge is 0.380 e. The van der Waals surface area contributed by atoms with Crippen molar-refractivity contribution in [1.29, 1.82) is 0 Å². The van der Waals surface area contributed by atoms with E-state index in [0.29, 0.717) is 0 Å². The predicted molar refractivity (Wildman–Crippen MR) is 79.9 cm³/mol. The first-order chi connectivity index (χ1) is 8.56. The zero-order valence-corrected chi connectivity index (χ0v) is 12.5. The lowest BCUT2D eigenvalue weighted by Crippen LogP contribution is -2.04. The number of hydrogen-bond acceptors (Lipinski definition) is 2. The molecule has 0 amide bonds. The van der Waals surface area contributed by atoms with Crippen LogP contribution in [0.4, 0.5) is 5.69 Å². The quantitative estimate of drug-likeness (QED) is 0.851. The predicted octanol–water partition coefficient (Wildman–Crippen LogP) is 4.38. The fraction of sp³-hybridized carbons (Fsp3) is 0.267. The van der Waals surface area contributed by atoms with Crippen LogP contribution in [0.2, 0.25) is 0 Å². The first-order valence-corrected chi connectivity index (χ1v) is 6.77. The summed E-state index contributed by atoms with van der Waals surface area (Å²) in [5.41, 5.74) is 6.40. The van der Waals surface area contributed by atoms with Crippen molar-refractivity contribution in [3.05, 3.63) is 57.3 Å². The van der Waals surface area contributed by atoms with E-state index in [1.807, 2.05) is 18.3 Å². The fourth-order valence-electron chi connectivity index (χ4n) is 2.16. The molecule has 0 unspecified atom stereocenters. The highest BCUT2D eigenvalue weighted by atomic mass is 79.9. The van der Waals surface area contributed by atoms with E-state index in [1.165, 1.54) is 22.3 Å². The van der Waals surface area contributed by atoms with Crippen molar-refractivity contribution in [2.75, 3.05) is 5.32 Å². The van der Waals surface area contributed by atoms with Gasteiger partial charge in [0.2, 0.25) is 0 Å². The van der Waals surface area contributed by atoms with E-state index in [4.69, 9.17) is 0 Å². The van der Waals surface area contributed by atoms with Crippen molar-refractivity contribution in [1.82, 2.24) is 4.98 Å². The lowest BCUT2D eigenvalue weighted by Gasteiger charge is -2.13. The maximum atomic E-state index is 4.20. The summed E-state index contributed by atoms with van der Waals surface area (Å²) >= 11 is 3.33. The smallest absolute Gasteiger partial charge is 0.106 e. The second kappa shape index (κ2) is 5.53. The third-order valence-corrected chi connectivity index (χ3v) is 3.51. The van der Waals surface area contributed by atoms with Gasteiger partial charge in [0.15, 0.2) is 0 Å². The van der Waals surface area contributed by atoms with E-state index >= 15 is 0 Å². The zero-order chi connectivity index (χ0) is 13.1. The summed E-state index contributed by atoms with van der Waals surface area (Å²) in [6, 6.07) is 8.42. The molecular weight excluding hydrogens is 288 g/mol. The molecule has 0 aliphatic rings. The van der Waals surface area contributed by atoms with Gasteiger partial charge in [-0.3, -0.25) is 0 Å². The minimum Gasteiger partial charge on any atom is -0.380 e. The molecule has 94 valence electrons. The fourth-order valence-corrected chi connectivity index (χ4v) is 2.39. The van der Waals surface area contributed by atoms with Crippen molar-refractivity contribution in [2.24, 2.45) is 0 Å². The highest BCUT2D eigenvalue weighted by Gasteiger charge is 2.03. The normalized spacial score (nSPS) is 10.4. The SMILES string of the molecule is Cc1cc(C)c(CNc2ccc(Br)nc2)c(C)c1. The van der Waals surface area contributed by atoms with Gasteiger partial charge in [-0.25, -0.2) is 4.98 Å². The molecule has 0 radical (unpaired) electrons. The molecule has 18 heavy (non-hydrogen) atoms. The summed E-state index contributed by atoms with van der Waals surface area (Å²) in [6.45, 7) is 7.30. The van der Waals surface area contributed by atoms with E-state index < -0.39 is 0 Å². The molecule has 1 N–H and O–H groups in total. The summed E-state index contributed by atoms with van der Waals surface area (Å²) in [4.78, 5) is 4.20. The molecule has 0 bridgehead atoms. The molecule has 1 heterocycles. The molecular formula is C15H17BrN2. The van der Waals surface area contributed by atoms with Gasteiger partial charge >= 0.3 is 0 Å². The molecule has 0 fully saturated rings. The molecule has 0 aliphatic heterocycles. The standard InChI is InChI=1S/C15H17BrN2/c1-10-6-11(2)14(12(3)7-10)9-17-13-4-5-15(16)18-8-13/h4-8,17H,9H2,1-3H3. The molecule has 0 saturated carbocycles. The minimum atomic E-state index is 0.835. The molecule has 2 rings (SSSR count). The van der Waals surface area contributed by atoms with E-state index in [0.717, 1.165) is 16.8 Å². The van der Waals surface area contributed by atoms with E-state index in [9.17, 15) is 0 Å². The molecule has 3 heteroatoms. The van der Waals surface area contributed by atoms with Gasteiger partial charge in [0, 0.05) is 6.54 Å². The average molecular weight is 305 g/mol. The first-order valence-electron chi connectivity index (χ1n) is 5.98. The third kappa shape index (κ3) is 3.10. The Balaban J connectivity index is 2.13. The Labute approximate surface area is 117 Å². The van der Waals surface area contributed by atoms with Gasteiger partial charge in [0.1, 0.15) is 4.60 Å². The maximum Gasteiger partial charge on any atom is 0.106 e. The number of nitrogens with one attached hydrogen (secondary N) is 1. The number of aromatic nitrogens is 1. The van der Waals surface area contributed by atoms with E-state index in [-0.39, 0.29) is 0 Å². The van der Waals surface area contributed by atoms with Crippen LogP contribution in [0.25, 0.3) is 0 Å². The first kappa shape index (κ1) is 13.1. The number of pyridine rings is 1. The van der Waals surface area contributed by atoms with Gasteiger partial charge in [0.05, 0.1) is 11.9 Å². The molecule has 2 nitrogen and oxygen atoms in total. The van der Waals surface area contributed by atoms with Gasteiger partial charge in [-0.15, -0.1) is 0 Å². The van der Waals surface area contributed by atoms with Crippen molar-refractivity contribution >= 4 is 21.6 Å². The molecule has 1 aromatic heterocycles. The second-order valence-electron chi connectivity index (χ2n) is 4.60. The Morgan fingerprint density at radius 1 is 1.11 bits per heavy atom. The van der Waals surface area contributed by atoms with Crippen LogP contribution >= 0.6 is 15.9 Å². The monoisotopic (exact) mass is 304 g/mol. The summed E-state index contributed by atoms with van der Waals surface area (Å²) in [6.07, 6.45) is 1.84. The van der Waals surface area contributed by atoms with Gasteiger partial charge < -0.3 is 5.32 Å². The number of benzene rings is 1. The lowest BCUT2D eigenvalue weighted by molar-refractivity contribution is 1.07. The van der Waals surface area contributed by atoms with Crippen LogP contribution in [0.15, 0.2) is 35.1 Å². The number of rotatable bonds is 3. The van der Waals surface area contributed by atoms with Crippen LogP contribution in [0, 0.1) is 20.8 Å². The second-order valence-corrected chi connectivity index (χ2v) is 5.41. The van der Waals surface area contributed by atoms with Crippen LogP contribution in [0.1, 0.15) is 22.3 Å². The minimum absolute atomic E-state index is 0.835. The topological polar surface area (TPSA) is 24.9 Å². The molecule has 1 aromatic carbocycles. The van der Waals surface area contributed by atoms with Crippen LogP contribution in [-0.4, -0.2) is 4.98 Å². The van der Waals surface area contributed by atoms with Crippen LogP contribution < -0.4 is 5.32 Å². The Bertz CT molecular complexity index is 524. The van der Waals surface area contributed by atoms with Gasteiger partial charge in [-0.05, 0) is 65.5 Å². The van der Waals surface area contributed by atoms with E-state index in [2.05, 4.69) is 59.1 Å². The van der Waals surface area contributed by atoms with Crippen LogP contribution in [0.3, 0.4) is 0 Å². The number of hydrogen-bond donors (Lipinski definition) is 1. The number of aryl methyl sites for hydroxylation is 3. The molecule has 0 spiro atoms. The molecule has 2 aromatic rings. The summed E-state index contributed by atoms with van der Waals surface area (Å²) in [5.74, 6) is 0. The molecule has 0 saturated heterocycles. The number of nitrogens with zero attached hydrogens (tertiary/aromatic N) is 1. The van der Waals surface area contributed by atoms with E-state index in [1.54, 1.807) is 0 Å². The molecule has 0 aliphatic carbocycles. The summed E-state index contributed by atoms with van der Waals surface area (Å²) < 4.78 is 0.857. The van der Waals surface area contributed by atoms with Crippen molar-refractivity contribution in [3.8, 4) is 0 Å². The van der Waals surface area contributed by atoms with Gasteiger partial charge in [0.25, 0.3) is 0 Å². The summed E-state index contributed by atoms with van der Waals surface area (Å²) in [5, 5.41) is 3.41.